The minimum Gasteiger partial charge on any atom is -0.451 e. The van der Waals surface area contributed by atoms with Crippen LogP contribution in [-0.2, 0) is 0 Å². The van der Waals surface area contributed by atoms with Crippen molar-refractivity contribution in [2.75, 3.05) is 0 Å². The fraction of sp³-hybridized carbons (Fsp3) is 0.0435. The van der Waals surface area contributed by atoms with Gasteiger partial charge in [-0.2, -0.15) is 0 Å². The van der Waals surface area contributed by atoms with E-state index < -0.39 is 11.8 Å². The van der Waals surface area contributed by atoms with E-state index in [2.05, 4.69) is 10.9 Å². The summed E-state index contributed by atoms with van der Waals surface area (Å²) < 4.78 is 5.60. The van der Waals surface area contributed by atoms with Crippen LogP contribution in [0.25, 0.3) is 22.1 Å². The Kier molecular flexibility index (Phi) is 4.64. The number of fused-ring (bicyclic) bond motifs is 1. The van der Waals surface area contributed by atoms with Crippen LogP contribution in [0.2, 0.25) is 0 Å². The molecule has 1 aromatic heterocycles. The van der Waals surface area contributed by atoms with Gasteiger partial charge in [-0.1, -0.05) is 60.7 Å². The lowest BCUT2D eigenvalue weighted by Crippen LogP contribution is -2.41. The number of rotatable bonds is 3. The van der Waals surface area contributed by atoms with Crippen LogP contribution >= 0.6 is 0 Å². The predicted octanol–water partition coefficient (Wildman–Crippen LogP) is 4.48. The Morgan fingerprint density at radius 1 is 0.714 bits per heavy atom. The minimum atomic E-state index is -0.497. The number of para-hydroxylation sites is 1. The highest BCUT2D eigenvalue weighted by Crippen LogP contribution is 2.24. The van der Waals surface area contributed by atoms with Gasteiger partial charge in [-0.15, -0.1) is 0 Å². The third-order valence-electron chi connectivity index (χ3n) is 4.59. The molecule has 5 heteroatoms. The third-order valence-corrected chi connectivity index (χ3v) is 4.59. The fourth-order valence-corrected chi connectivity index (χ4v) is 3.08. The zero-order valence-corrected chi connectivity index (χ0v) is 15.2. The Labute approximate surface area is 162 Å². The molecule has 0 atom stereocenters. The van der Waals surface area contributed by atoms with Crippen molar-refractivity contribution in [1.29, 1.82) is 0 Å². The molecule has 0 bridgehead atoms. The van der Waals surface area contributed by atoms with Crippen LogP contribution in [0.1, 0.15) is 26.5 Å². The van der Waals surface area contributed by atoms with Gasteiger partial charge in [0.2, 0.25) is 0 Å². The van der Waals surface area contributed by atoms with Crippen LogP contribution in [-0.4, -0.2) is 11.8 Å². The van der Waals surface area contributed by atoms with Crippen LogP contribution in [0, 0.1) is 6.92 Å². The number of hydrogen-bond donors (Lipinski definition) is 2. The summed E-state index contributed by atoms with van der Waals surface area (Å²) in [7, 11) is 0. The molecule has 0 aliphatic rings. The summed E-state index contributed by atoms with van der Waals surface area (Å²) in [6.07, 6.45) is 0. The lowest BCUT2D eigenvalue weighted by atomic mass is 10.0. The summed E-state index contributed by atoms with van der Waals surface area (Å²) in [5, 5.41) is 0.871. The summed E-state index contributed by atoms with van der Waals surface area (Å²) in [5.74, 6) is -0.717. The molecule has 0 spiro atoms. The lowest BCUT2D eigenvalue weighted by molar-refractivity contribution is 0.0831. The fourth-order valence-electron chi connectivity index (χ4n) is 3.08. The molecule has 0 unspecified atom stereocenters. The number of benzene rings is 3. The average molecular weight is 370 g/mol. The van der Waals surface area contributed by atoms with E-state index in [1.165, 1.54) is 0 Å². The van der Waals surface area contributed by atoms with E-state index in [1.807, 2.05) is 67.6 Å². The maximum Gasteiger partial charge on any atom is 0.305 e. The van der Waals surface area contributed by atoms with E-state index in [1.54, 1.807) is 18.2 Å². The van der Waals surface area contributed by atoms with E-state index in [-0.39, 0.29) is 5.76 Å². The predicted molar refractivity (Wildman–Crippen MR) is 108 cm³/mol. The van der Waals surface area contributed by atoms with Gasteiger partial charge in [-0.25, -0.2) is 0 Å². The molecule has 0 aliphatic heterocycles. The number of carbonyl (C=O) groups excluding carboxylic acids is 2. The second-order valence-electron chi connectivity index (χ2n) is 6.40. The van der Waals surface area contributed by atoms with Crippen LogP contribution in [0.4, 0.5) is 0 Å². The zero-order valence-electron chi connectivity index (χ0n) is 15.2. The van der Waals surface area contributed by atoms with Gasteiger partial charge < -0.3 is 4.42 Å². The first-order valence-electron chi connectivity index (χ1n) is 8.88. The largest absolute Gasteiger partial charge is 0.451 e. The Bertz CT molecular complexity index is 1150. The number of amides is 2. The summed E-state index contributed by atoms with van der Waals surface area (Å²) in [5.41, 5.74) is 8.74. The monoisotopic (exact) mass is 370 g/mol. The molecule has 0 radical (unpaired) electrons. The van der Waals surface area contributed by atoms with Crippen LogP contribution in [0.5, 0.6) is 0 Å². The molecular weight excluding hydrogens is 352 g/mol. The van der Waals surface area contributed by atoms with Crippen molar-refractivity contribution in [2.45, 2.75) is 6.92 Å². The molecule has 2 N–H and O–H groups in total. The molecule has 5 nitrogen and oxygen atoms in total. The number of nitrogens with one attached hydrogen (secondary N) is 2. The quantitative estimate of drug-likeness (QED) is 0.522. The van der Waals surface area contributed by atoms with Crippen LogP contribution in [0.3, 0.4) is 0 Å². The van der Waals surface area contributed by atoms with E-state index in [9.17, 15) is 9.59 Å². The van der Waals surface area contributed by atoms with Crippen LogP contribution in [0.15, 0.2) is 83.3 Å². The van der Waals surface area contributed by atoms with Gasteiger partial charge in [0, 0.05) is 16.5 Å². The Morgan fingerprint density at radius 2 is 1.32 bits per heavy atom. The first kappa shape index (κ1) is 17.5. The van der Waals surface area contributed by atoms with Crippen molar-refractivity contribution in [3.63, 3.8) is 0 Å². The molecule has 3 aromatic carbocycles. The van der Waals surface area contributed by atoms with Gasteiger partial charge in [0.05, 0.1) is 0 Å². The second-order valence-corrected chi connectivity index (χ2v) is 6.40. The number of furan rings is 1. The van der Waals surface area contributed by atoms with Crippen molar-refractivity contribution in [3.8, 4) is 11.1 Å². The molecule has 4 rings (SSSR count). The van der Waals surface area contributed by atoms with Gasteiger partial charge in [-0.05, 0) is 36.2 Å². The SMILES string of the molecule is Cc1c(C(=O)NNC(=O)c2ccc(-c3ccccc3)cc2)oc2ccccc12. The van der Waals surface area contributed by atoms with Gasteiger partial charge in [0.25, 0.3) is 5.91 Å². The highest BCUT2D eigenvalue weighted by Gasteiger charge is 2.18. The standard InChI is InChI=1S/C23H18N2O3/c1-15-19-9-5-6-10-20(19)28-21(15)23(27)25-24-22(26)18-13-11-17(12-14-18)16-7-3-2-4-8-16/h2-14H,1H3,(H,24,26)(H,25,27). The van der Waals surface area contributed by atoms with E-state index in [4.69, 9.17) is 4.42 Å². The molecule has 0 saturated carbocycles. The molecule has 0 saturated heterocycles. The number of hydrazine groups is 1. The summed E-state index contributed by atoms with van der Waals surface area (Å²) in [6, 6.07) is 24.5. The first-order valence-corrected chi connectivity index (χ1v) is 8.88. The maximum absolute atomic E-state index is 12.4. The van der Waals surface area contributed by atoms with E-state index in [0.717, 1.165) is 22.1 Å². The third kappa shape index (κ3) is 3.38. The Hall–Kier alpha value is -3.86. The number of hydrogen-bond acceptors (Lipinski definition) is 3. The zero-order chi connectivity index (χ0) is 19.5. The molecule has 0 fully saturated rings. The lowest BCUT2D eigenvalue weighted by Gasteiger charge is -2.07. The average Bonchev–Trinajstić information content (AvgIpc) is 3.09. The van der Waals surface area contributed by atoms with Crippen molar-refractivity contribution < 1.29 is 14.0 Å². The van der Waals surface area contributed by atoms with Crippen molar-refractivity contribution in [2.24, 2.45) is 0 Å². The molecule has 2 amide bonds. The van der Waals surface area contributed by atoms with E-state index in [0.29, 0.717) is 11.1 Å². The van der Waals surface area contributed by atoms with Gasteiger partial charge in [0.15, 0.2) is 5.76 Å². The number of carbonyl (C=O) groups is 2. The molecule has 138 valence electrons. The topological polar surface area (TPSA) is 71.3 Å². The van der Waals surface area contributed by atoms with Crippen molar-refractivity contribution >= 4 is 22.8 Å². The normalized spacial score (nSPS) is 10.6. The highest BCUT2D eigenvalue weighted by molar-refractivity contribution is 6.01. The summed E-state index contributed by atoms with van der Waals surface area (Å²) in [4.78, 5) is 24.7. The smallest absolute Gasteiger partial charge is 0.305 e. The molecular formula is C23H18N2O3. The van der Waals surface area contributed by atoms with Crippen molar-refractivity contribution in [1.82, 2.24) is 10.9 Å². The number of aryl methyl sites for hydroxylation is 1. The summed E-state index contributed by atoms with van der Waals surface area (Å²) >= 11 is 0. The minimum absolute atomic E-state index is 0.181. The molecule has 28 heavy (non-hydrogen) atoms. The highest BCUT2D eigenvalue weighted by atomic mass is 16.3. The summed E-state index contributed by atoms with van der Waals surface area (Å²) in [6.45, 7) is 1.81. The first-order chi connectivity index (χ1) is 13.6. The van der Waals surface area contributed by atoms with Gasteiger partial charge >= 0.3 is 5.91 Å². The van der Waals surface area contributed by atoms with Gasteiger partial charge in [-0.3, -0.25) is 20.4 Å². The molecule has 4 aromatic rings. The van der Waals surface area contributed by atoms with Crippen molar-refractivity contribution in [3.05, 3.63) is 95.7 Å². The maximum atomic E-state index is 12.4. The van der Waals surface area contributed by atoms with Crippen LogP contribution < -0.4 is 10.9 Å². The van der Waals surface area contributed by atoms with Gasteiger partial charge in [0.1, 0.15) is 5.58 Å². The Morgan fingerprint density at radius 3 is 2.04 bits per heavy atom. The van der Waals surface area contributed by atoms with E-state index >= 15 is 0 Å². The second kappa shape index (κ2) is 7.40. The molecule has 0 aliphatic carbocycles. The molecule has 1 heterocycles. The Balaban J connectivity index is 1.43.